The van der Waals surface area contributed by atoms with E-state index in [1.165, 1.54) is 17.0 Å². The number of benzene rings is 2. The number of hydrogen-bond acceptors (Lipinski definition) is 5. The average molecular weight is 525 g/mol. The van der Waals surface area contributed by atoms with Crippen molar-refractivity contribution in [3.8, 4) is 5.75 Å². The molecule has 198 valence electrons. The number of pyridine rings is 1. The molecule has 1 heterocycles. The van der Waals surface area contributed by atoms with Crippen molar-refractivity contribution in [3.05, 3.63) is 75.6 Å². The van der Waals surface area contributed by atoms with Gasteiger partial charge >= 0.3 is 6.09 Å². The molecule has 3 N–H and O–H groups in total. The van der Waals surface area contributed by atoms with E-state index in [0.29, 0.717) is 22.9 Å². The number of aldehydes is 1. The van der Waals surface area contributed by atoms with Gasteiger partial charge in [-0.1, -0.05) is 45.0 Å². The van der Waals surface area contributed by atoms with Gasteiger partial charge in [-0.15, -0.1) is 0 Å². The molecule has 9 heteroatoms. The fourth-order valence-electron chi connectivity index (χ4n) is 4.33. The van der Waals surface area contributed by atoms with E-state index in [1.54, 1.807) is 37.3 Å². The number of rotatable bonds is 9. The molecule has 0 radical (unpaired) electrons. The van der Waals surface area contributed by atoms with Gasteiger partial charge in [-0.3, -0.25) is 14.5 Å². The van der Waals surface area contributed by atoms with Crippen LogP contribution in [-0.4, -0.2) is 53.1 Å². The van der Waals surface area contributed by atoms with E-state index in [9.17, 15) is 24.6 Å². The minimum atomic E-state index is -2.44. The summed E-state index contributed by atoms with van der Waals surface area (Å²) in [5.74, 6) is -0.0484. The molecular weight excluding hydrogens is 488 g/mol. The molecule has 0 aliphatic heterocycles. The lowest BCUT2D eigenvalue weighted by Crippen LogP contribution is -2.59. The largest absolute Gasteiger partial charge is 0.506 e. The monoisotopic (exact) mass is 524 g/mol. The predicted octanol–water partition coefficient (Wildman–Crippen LogP) is 5.55. The number of aromatic amines is 1. The number of amides is 1. The van der Waals surface area contributed by atoms with E-state index in [2.05, 4.69) is 38.8 Å². The summed E-state index contributed by atoms with van der Waals surface area (Å²) >= 11 is 0. The van der Waals surface area contributed by atoms with Gasteiger partial charge in [0.05, 0.1) is 5.52 Å². The van der Waals surface area contributed by atoms with Crippen molar-refractivity contribution < 1.29 is 24.2 Å². The molecule has 3 rings (SSSR count). The van der Waals surface area contributed by atoms with Gasteiger partial charge in [0.2, 0.25) is 5.56 Å². The minimum Gasteiger partial charge on any atom is -0.506 e. The molecule has 0 bridgehead atoms. The highest BCUT2D eigenvalue weighted by Gasteiger charge is 2.46. The summed E-state index contributed by atoms with van der Waals surface area (Å²) in [7, 11) is -2.44. The zero-order valence-electron chi connectivity index (χ0n) is 22.3. The minimum absolute atomic E-state index is 0.0484. The number of H-pyrrole nitrogens is 1. The first kappa shape index (κ1) is 28.1. The van der Waals surface area contributed by atoms with E-state index < -0.39 is 20.1 Å². The number of fused-ring (bicyclic) bond motifs is 1. The topological polar surface area (TPSA) is 120 Å². The molecule has 1 amide bonds. The van der Waals surface area contributed by atoms with Crippen LogP contribution in [-0.2, 0) is 17.3 Å². The zero-order chi connectivity index (χ0) is 27.6. The van der Waals surface area contributed by atoms with Gasteiger partial charge in [0.15, 0.2) is 8.32 Å². The average Bonchev–Trinajstić information content (AvgIpc) is 2.79. The summed E-state index contributed by atoms with van der Waals surface area (Å²) in [6.07, 6.45) is 0.242. The van der Waals surface area contributed by atoms with Crippen LogP contribution < -0.4 is 5.56 Å². The number of carbonyl (C=O) groups is 2. The Morgan fingerprint density at radius 1 is 1.11 bits per heavy atom. The van der Waals surface area contributed by atoms with Crippen LogP contribution in [0.1, 0.15) is 49.2 Å². The van der Waals surface area contributed by atoms with E-state index in [-0.39, 0.29) is 29.3 Å². The second-order valence-corrected chi connectivity index (χ2v) is 15.8. The van der Waals surface area contributed by atoms with E-state index >= 15 is 0 Å². The number of phenols is 1. The SMILES string of the molecule is CC(C)(C)[Si](C)(C)O[C@](C)(Cc1cccc(C=O)c1)N(CCc1ccc(O)c2[nH]c(=O)ccc12)C(=O)O. The first-order chi connectivity index (χ1) is 17.2. The Labute approximate surface area is 218 Å². The third-order valence-electron chi connectivity index (χ3n) is 7.27. The Morgan fingerprint density at radius 3 is 2.43 bits per heavy atom. The van der Waals surface area contributed by atoms with Crippen LogP contribution >= 0.6 is 0 Å². The molecule has 1 aromatic heterocycles. The summed E-state index contributed by atoms with van der Waals surface area (Å²) < 4.78 is 6.81. The molecule has 8 nitrogen and oxygen atoms in total. The number of hydrogen-bond donors (Lipinski definition) is 3. The molecule has 37 heavy (non-hydrogen) atoms. The van der Waals surface area contributed by atoms with Gasteiger partial charge in [0, 0.05) is 30.0 Å². The van der Waals surface area contributed by atoms with Crippen molar-refractivity contribution in [2.45, 2.75) is 64.4 Å². The standard InChI is InChI=1S/C28H36N2O6Si/c1-27(2,3)37(5,6)36-28(4,17-19-8-7-9-20(16-19)18-31)30(26(34)35)15-14-21-10-12-23(32)25-22(21)11-13-24(33)29-25/h7-13,16,18,32H,14-15,17H2,1-6H3,(H,29,33)(H,34,35)/t28-/m1/s1. The van der Waals surface area contributed by atoms with Crippen LogP contribution in [0.3, 0.4) is 0 Å². The first-order valence-electron chi connectivity index (χ1n) is 12.3. The second-order valence-electron chi connectivity index (χ2n) is 11.1. The summed E-state index contributed by atoms with van der Waals surface area (Å²) in [5.41, 5.74) is 0.867. The molecule has 0 saturated heterocycles. The van der Waals surface area contributed by atoms with E-state index in [0.717, 1.165) is 17.4 Å². The molecule has 0 aliphatic rings. The number of carbonyl (C=O) groups excluding carboxylic acids is 1. The van der Waals surface area contributed by atoms with E-state index in [1.807, 2.05) is 6.07 Å². The summed E-state index contributed by atoms with van der Waals surface area (Å²) in [6.45, 7) is 12.4. The summed E-state index contributed by atoms with van der Waals surface area (Å²) in [4.78, 5) is 39.8. The smallest absolute Gasteiger partial charge is 0.409 e. The maximum Gasteiger partial charge on any atom is 0.409 e. The highest BCUT2D eigenvalue weighted by atomic mass is 28.4. The molecule has 0 saturated carbocycles. The normalized spacial score (nSPS) is 13.8. The van der Waals surface area contributed by atoms with Crippen LogP contribution in [0.5, 0.6) is 5.75 Å². The van der Waals surface area contributed by atoms with Crippen molar-refractivity contribution in [2.24, 2.45) is 0 Å². The number of carboxylic acid groups (broad SMARTS) is 1. The number of aromatic hydroxyl groups is 1. The van der Waals surface area contributed by atoms with Crippen LogP contribution in [0.15, 0.2) is 53.3 Å². The number of phenolic OH excluding ortho intramolecular Hbond substituents is 1. The fourth-order valence-corrected chi connectivity index (χ4v) is 5.91. The summed E-state index contributed by atoms with van der Waals surface area (Å²) in [6, 6.07) is 13.3. The lowest BCUT2D eigenvalue weighted by atomic mass is 9.99. The third kappa shape index (κ3) is 6.29. The summed E-state index contributed by atoms with van der Waals surface area (Å²) in [5, 5.41) is 21.1. The predicted molar refractivity (Wildman–Crippen MR) is 147 cm³/mol. The molecular formula is C28H36N2O6Si. The van der Waals surface area contributed by atoms with Gasteiger partial charge in [0.1, 0.15) is 17.8 Å². The van der Waals surface area contributed by atoms with Gasteiger partial charge in [-0.2, -0.15) is 0 Å². The third-order valence-corrected chi connectivity index (χ3v) is 11.8. The van der Waals surface area contributed by atoms with Gasteiger partial charge in [-0.25, -0.2) is 4.79 Å². The zero-order valence-corrected chi connectivity index (χ0v) is 23.3. The Balaban J connectivity index is 2.03. The van der Waals surface area contributed by atoms with Gasteiger partial charge < -0.3 is 19.6 Å². The molecule has 0 fully saturated rings. The maximum atomic E-state index is 12.7. The Morgan fingerprint density at radius 2 is 1.81 bits per heavy atom. The Hall–Kier alpha value is -3.43. The van der Waals surface area contributed by atoms with Crippen LogP contribution in [0.25, 0.3) is 10.9 Å². The molecule has 0 aliphatic carbocycles. The van der Waals surface area contributed by atoms with Crippen LogP contribution in [0.4, 0.5) is 4.79 Å². The number of aromatic nitrogens is 1. The Bertz CT molecular complexity index is 1360. The Kier molecular flexibility index (Phi) is 7.99. The quantitative estimate of drug-likeness (QED) is 0.192. The van der Waals surface area contributed by atoms with Crippen molar-refractivity contribution in [3.63, 3.8) is 0 Å². The highest BCUT2D eigenvalue weighted by molar-refractivity contribution is 6.74. The molecule has 3 aromatic rings. The first-order valence-corrected chi connectivity index (χ1v) is 15.2. The van der Waals surface area contributed by atoms with Crippen LogP contribution in [0, 0.1) is 0 Å². The van der Waals surface area contributed by atoms with Gasteiger partial charge in [-0.05, 0) is 60.8 Å². The second kappa shape index (κ2) is 10.5. The van der Waals surface area contributed by atoms with Crippen molar-refractivity contribution in [1.29, 1.82) is 0 Å². The van der Waals surface area contributed by atoms with Crippen molar-refractivity contribution in [1.82, 2.24) is 9.88 Å². The lowest BCUT2D eigenvalue weighted by Gasteiger charge is -2.48. The van der Waals surface area contributed by atoms with Crippen molar-refractivity contribution >= 4 is 31.6 Å². The number of nitrogens with zero attached hydrogens (tertiary/aromatic N) is 1. The molecule has 1 atom stereocenters. The van der Waals surface area contributed by atoms with E-state index in [4.69, 9.17) is 4.43 Å². The van der Waals surface area contributed by atoms with Crippen molar-refractivity contribution in [2.75, 3.05) is 6.54 Å². The molecule has 2 aromatic carbocycles. The maximum absolute atomic E-state index is 12.7. The molecule has 0 unspecified atom stereocenters. The fraction of sp³-hybridized carbons (Fsp3) is 0.393. The highest BCUT2D eigenvalue weighted by Crippen LogP contribution is 2.41. The molecule has 0 spiro atoms. The lowest BCUT2D eigenvalue weighted by molar-refractivity contribution is -0.0642. The van der Waals surface area contributed by atoms with Crippen LogP contribution in [0.2, 0.25) is 18.1 Å². The van der Waals surface area contributed by atoms with Gasteiger partial charge in [0.25, 0.3) is 0 Å². The number of nitrogens with one attached hydrogen (secondary N) is 1.